The number of methoxy groups -OCH3 is 1. The SMILES string of the molecule is CC[C@@H](C)NC(=O)NC(=O)COc1ccc(C(C)=O)cc1OC. The van der Waals surface area contributed by atoms with Gasteiger partial charge in [0.05, 0.1) is 7.11 Å². The van der Waals surface area contributed by atoms with Gasteiger partial charge in [0.1, 0.15) is 0 Å². The van der Waals surface area contributed by atoms with E-state index in [2.05, 4.69) is 10.6 Å². The molecule has 1 atom stereocenters. The molecule has 2 N–H and O–H groups in total. The van der Waals surface area contributed by atoms with Crippen LogP contribution in [0.25, 0.3) is 0 Å². The molecule has 0 aromatic heterocycles. The molecular weight excluding hydrogens is 300 g/mol. The van der Waals surface area contributed by atoms with Gasteiger partial charge in [0, 0.05) is 11.6 Å². The van der Waals surface area contributed by atoms with Crippen LogP contribution in [0.15, 0.2) is 18.2 Å². The van der Waals surface area contributed by atoms with Crippen LogP contribution >= 0.6 is 0 Å². The Morgan fingerprint density at radius 2 is 1.91 bits per heavy atom. The number of carbonyl (C=O) groups excluding carboxylic acids is 3. The van der Waals surface area contributed by atoms with Crippen LogP contribution in [-0.2, 0) is 4.79 Å². The number of benzene rings is 1. The Hall–Kier alpha value is -2.57. The summed E-state index contributed by atoms with van der Waals surface area (Å²) >= 11 is 0. The van der Waals surface area contributed by atoms with Crippen LogP contribution in [0.5, 0.6) is 11.5 Å². The zero-order valence-electron chi connectivity index (χ0n) is 13.8. The summed E-state index contributed by atoms with van der Waals surface area (Å²) in [6.07, 6.45) is 0.762. The Morgan fingerprint density at radius 3 is 2.48 bits per heavy atom. The number of hydrogen-bond donors (Lipinski definition) is 2. The average molecular weight is 322 g/mol. The summed E-state index contributed by atoms with van der Waals surface area (Å²) in [7, 11) is 1.44. The van der Waals surface area contributed by atoms with Crippen LogP contribution in [0.4, 0.5) is 4.79 Å². The summed E-state index contributed by atoms with van der Waals surface area (Å²) in [5, 5.41) is 4.79. The summed E-state index contributed by atoms with van der Waals surface area (Å²) in [6, 6.07) is 4.07. The van der Waals surface area contributed by atoms with E-state index in [0.29, 0.717) is 17.1 Å². The highest BCUT2D eigenvalue weighted by Crippen LogP contribution is 2.28. The third-order valence-electron chi connectivity index (χ3n) is 3.17. The van der Waals surface area contributed by atoms with Crippen LogP contribution in [0.3, 0.4) is 0 Å². The van der Waals surface area contributed by atoms with Crippen LogP contribution < -0.4 is 20.1 Å². The van der Waals surface area contributed by atoms with E-state index in [1.54, 1.807) is 12.1 Å². The molecule has 0 bridgehead atoms. The van der Waals surface area contributed by atoms with Crippen molar-refractivity contribution in [3.05, 3.63) is 23.8 Å². The second-order valence-electron chi connectivity index (χ2n) is 5.04. The van der Waals surface area contributed by atoms with Crippen molar-refractivity contribution in [2.75, 3.05) is 13.7 Å². The summed E-state index contributed by atoms with van der Waals surface area (Å²) in [5.74, 6) is -0.0256. The van der Waals surface area contributed by atoms with Crippen LogP contribution in [-0.4, -0.2) is 37.5 Å². The topological polar surface area (TPSA) is 93.7 Å². The predicted molar refractivity (Wildman–Crippen MR) is 84.9 cm³/mol. The Morgan fingerprint density at radius 1 is 1.22 bits per heavy atom. The molecule has 0 saturated carbocycles. The number of urea groups is 1. The monoisotopic (exact) mass is 322 g/mol. The lowest BCUT2D eigenvalue weighted by Crippen LogP contribution is -2.44. The molecule has 7 nitrogen and oxygen atoms in total. The third kappa shape index (κ3) is 5.98. The van der Waals surface area contributed by atoms with Gasteiger partial charge in [-0.05, 0) is 38.5 Å². The first-order valence-corrected chi connectivity index (χ1v) is 7.29. The van der Waals surface area contributed by atoms with E-state index in [0.717, 1.165) is 6.42 Å². The lowest BCUT2D eigenvalue weighted by Gasteiger charge is -2.13. The summed E-state index contributed by atoms with van der Waals surface area (Å²) < 4.78 is 10.5. The predicted octanol–water partition coefficient (Wildman–Crippen LogP) is 1.90. The molecule has 7 heteroatoms. The minimum Gasteiger partial charge on any atom is -0.493 e. The van der Waals surface area contributed by atoms with Crippen molar-refractivity contribution in [2.24, 2.45) is 0 Å². The zero-order valence-corrected chi connectivity index (χ0v) is 13.8. The van der Waals surface area contributed by atoms with Gasteiger partial charge in [-0.2, -0.15) is 0 Å². The molecule has 1 aromatic carbocycles. The van der Waals surface area contributed by atoms with Crippen molar-refractivity contribution in [3.63, 3.8) is 0 Å². The maximum absolute atomic E-state index is 11.7. The maximum atomic E-state index is 11.7. The van der Waals surface area contributed by atoms with Crippen molar-refractivity contribution in [2.45, 2.75) is 33.2 Å². The molecular formula is C16H22N2O5. The average Bonchev–Trinajstić information content (AvgIpc) is 2.52. The van der Waals surface area contributed by atoms with E-state index in [1.807, 2.05) is 13.8 Å². The standard InChI is InChI=1S/C16H22N2O5/c1-5-10(2)17-16(21)18-15(20)9-23-13-7-6-12(11(3)19)8-14(13)22-4/h6-8,10H,5,9H2,1-4H3,(H2,17,18,20,21)/t10-/m1/s1. The van der Waals surface area contributed by atoms with Crippen molar-refractivity contribution in [1.29, 1.82) is 0 Å². The van der Waals surface area contributed by atoms with Gasteiger partial charge in [0.25, 0.3) is 5.91 Å². The van der Waals surface area contributed by atoms with Crippen LogP contribution in [0.2, 0.25) is 0 Å². The Labute approximate surface area is 135 Å². The van der Waals surface area contributed by atoms with Gasteiger partial charge in [0.2, 0.25) is 0 Å². The summed E-state index contributed by atoms with van der Waals surface area (Å²) in [4.78, 5) is 34.5. The number of carbonyl (C=O) groups is 3. The molecule has 0 aliphatic heterocycles. The Balaban J connectivity index is 2.59. The van der Waals surface area contributed by atoms with Crippen molar-refractivity contribution < 1.29 is 23.9 Å². The second kappa shape index (κ2) is 8.77. The van der Waals surface area contributed by atoms with E-state index in [1.165, 1.54) is 20.1 Å². The highest BCUT2D eigenvalue weighted by molar-refractivity contribution is 5.95. The molecule has 3 amide bonds. The van der Waals surface area contributed by atoms with Crippen LogP contribution in [0, 0.1) is 0 Å². The number of imide groups is 1. The number of nitrogens with one attached hydrogen (secondary N) is 2. The fourth-order valence-electron chi connectivity index (χ4n) is 1.67. The van der Waals surface area contributed by atoms with Gasteiger partial charge in [-0.25, -0.2) is 4.79 Å². The highest BCUT2D eigenvalue weighted by Gasteiger charge is 2.13. The molecule has 0 spiro atoms. The normalized spacial score (nSPS) is 11.3. The molecule has 0 unspecified atom stereocenters. The molecule has 1 rings (SSSR count). The quantitative estimate of drug-likeness (QED) is 0.748. The number of amides is 3. The minimum absolute atomic E-state index is 0.0251. The lowest BCUT2D eigenvalue weighted by molar-refractivity contribution is -0.122. The van der Waals surface area contributed by atoms with E-state index in [-0.39, 0.29) is 18.4 Å². The number of hydrogen-bond acceptors (Lipinski definition) is 5. The molecule has 126 valence electrons. The smallest absolute Gasteiger partial charge is 0.321 e. The van der Waals surface area contributed by atoms with Crippen molar-refractivity contribution in [1.82, 2.24) is 10.6 Å². The third-order valence-corrected chi connectivity index (χ3v) is 3.17. The van der Waals surface area contributed by atoms with Gasteiger partial charge < -0.3 is 14.8 Å². The van der Waals surface area contributed by atoms with Crippen molar-refractivity contribution >= 4 is 17.7 Å². The van der Waals surface area contributed by atoms with E-state index >= 15 is 0 Å². The number of Topliss-reactive ketones (excluding diaryl/α,β-unsaturated/α-hetero) is 1. The Kier molecular flexibility index (Phi) is 7.05. The number of ketones is 1. The first-order chi connectivity index (χ1) is 10.9. The fourth-order valence-corrected chi connectivity index (χ4v) is 1.67. The highest BCUT2D eigenvalue weighted by atomic mass is 16.5. The maximum Gasteiger partial charge on any atom is 0.321 e. The molecule has 0 aliphatic carbocycles. The van der Waals surface area contributed by atoms with E-state index < -0.39 is 11.9 Å². The zero-order chi connectivity index (χ0) is 17.4. The van der Waals surface area contributed by atoms with Gasteiger partial charge in [0.15, 0.2) is 23.9 Å². The largest absolute Gasteiger partial charge is 0.493 e. The second-order valence-corrected chi connectivity index (χ2v) is 5.04. The minimum atomic E-state index is -0.580. The molecule has 0 aliphatic rings. The first kappa shape index (κ1) is 18.5. The molecule has 0 fully saturated rings. The number of rotatable bonds is 7. The Bertz CT molecular complexity index is 586. The van der Waals surface area contributed by atoms with Gasteiger partial charge >= 0.3 is 6.03 Å². The molecule has 0 heterocycles. The van der Waals surface area contributed by atoms with Gasteiger partial charge in [-0.15, -0.1) is 0 Å². The molecule has 0 saturated heterocycles. The summed E-state index contributed by atoms with van der Waals surface area (Å²) in [6.45, 7) is 4.86. The first-order valence-electron chi connectivity index (χ1n) is 7.29. The number of ether oxygens (including phenoxy) is 2. The molecule has 1 aromatic rings. The van der Waals surface area contributed by atoms with Crippen molar-refractivity contribution in [3.8, 4) is 11.5 Å². The lowest BCUT2D eigenvalue weighted by atomic mass is 10.1. The van der Waals surface area contributed by atoms with Crippen LogP contribution in [0.1, 0.15) is 37.6 Å². The van der Waals surface area contributed by atoms with Gasteiger partial charge in [-0.3, -0.25) is 14.9 Å². The summed E-state index contributed by atoms with van der Waals surface area (Å²) in [5.41, 5.74) is 0.478. The molecule has 23 heavy (non-hydrogen) atoms. The molecule has 0 radical (unpaired) electrons. The van der Waals surface area contributed by atoms with E-state index in [4.69, 9.17) is 9.47 Å². The van der Waals surface area contributed by atoms with Gasteiger partial charge in [-0.1, -0.05) is 6.92 Å². The van der Waals surface area contributed by atoms with E-state index in [9.17, 15) is 14.4 Å². The fraction of sp³-hybridized carbons (Fsp3) is 0.438.